The molecule has 0 bridgehead atoms. The molecule has 2 aromatic heterocycles. The highest BCUT2D eigenvalue weighted by atomic mass is 35.5. The van der Waals surface area contributed by atoms with E-state index in [1.54, 1.807) is 19.5 Å². The Morgan fingerprint density at radius 2 is 2.39 bits per heavy atom. The summed E-state index contributed by atoms with van der Waals surface area (Å²) in [5.41, 5.74) is 2.02. The highest BCUT2D eigenvalue weighted by Crippen LogP contribution is 2.35. The Kier molecular flexibility index (Phi) is 3.22. The molecule has 96 valence electrons. The maximum atomic E-state index is 6.03. The summed E-state index contributed by atoms with van der Waals surface area (Å²) in [6.07, 6.45) is 7.27. The first-order valence-corrected chi connectivity index (χ1v) is 6.78. The lowest BCUT2D eigenvalue weighted by Crippen LogP contribution is -2.22. The zero-order chi connectivity index (χ0) is 12.5. The van der Waals surface area contributed by atoms with E-state index in [1.165, 1.54) is 6.42 Å². The number of aromatic nitrogens is 3. The molecule has 0 radical (unpaired) electrons. The zero-order valence-electron chi connectivity index (χ0n) is 10.3. The molecule has 0 amide bonds. The Balaban J connectivity index is 2.14. The quantitative estimate of drug-likeness (QED) is 0.801. The van der Waals surface area contributed by atoms with Crippen molar-refractivity contribution < 1.29 is 4.74 Å². The maximum absolute atomic E-state index is 6.03. The third-order valence-electron chi connectivity index (χ3n) is 3.74. The summed E-state index contributed by atoms with van der Waals surface area (Å²) in [6, 6.07) is 2.35. The number of methoxy groups -OCH3 is 1. The molecule has 0 N–H and O–H groups in total. The van der Waals surface area contributed by atoms with Crippen LogP contribution in [0.5, 0.6) is 0 Å². The number of fused-ring (bicyclic) bond motifs is 1. The molecule has 1 fully saturated rings. The lowest BCUT2D eigenvalue weighted by atomic mass is 10.2. The normalized spacial score (nSPS) is 23.9. The Morgan fingerprint density at radius 1 is 1.50 bits per heavy atom. The summed E-state index contributed by atoms with van der Waals surface area (Å²) in [6.45, 7) is 0. The topological polar surface area (TPSA) is 39.9 Å². The van der Waals surface area contributed by atoms with Crippen LogP contribution in [-0.4, -0.2) is 27.7 Å². The second kappa shape index (κ2) is 4.86. The van der Waals surface area contributed by atoms with Gasteiger partial charge in [-0.05, 0) is 25.3 Å². The molecule has 0 saturated heterocycles. The lowest BCUT2D eigenvalue weighted by molar-refractivity contribution is 0.0755. The fourth-order valence-corrected chi connectivity index (χ4v) is 3.13. The third kappa shape index (κ3) is 1.80. The molecule has 2 unspecified atom stereocenters. The van der Waals surface area contributed by atoms with E-state index in [-0.39, 0.29) is 6.10 Å². The first-order chi connectivity index (χ1) is 8.85. The Hall–Kier alpha value is -1.13. The summed E-state index contributed by atoms with van der Waals surface area (Å²) in [7, 11) is 1.78. The van der Waals surface area contributed by atoms with Crippen molar-refractivity contribution in [3.8, 4) is 0 Å². The SMILES string of the molecule is COC1CCCC1n1c(CCl)nc2cnccc21. The zero-order valence-corrected chi connectivity index (χ0v) is 11.1. The molecule has 3 rings (SSSR count). The predicted molar refractivity (Wildman–Crippen MR) is 70.8 cm³/mol. The second-order valence-corrected chi connectivity index (χ2v) is 4.94. The molecule has 4 nitrogen and oxygen atoms in total. The first-order valence-electron chi connectivity index (χ1n) is 6.24. The average Bonchev–Trinajstić information content (AvgIpc) is 3.01. The molecule has 1 saturated carbocycles. The number of halogens is 1. The van der Waals surface area contributed by atoms with Crippen molar-refractivity contribution in [2.75, 3.05) is 7.11 Å². The van der Waals surface area contributed by atoms with E-state index in [0.29, 0.717) is 11.9 Å². The highest BCUT2D eigenvalue weighted by molar-refractivity contribution is 6.16. The fourth-order valence-electron chi connectivity index (χ4n) is 2.94. The van der Waals surface area contributed by atoms with E-state index in [2.05, 4.69) is 14.5 Å². The van der Waals surface area contributed by atoms with E-state index in [4.69, 9.17) is 16.3 Å². The smallest absolute Gasteiger partial charge is 0.125 e. The van der Waals surface area contributed by atoms with Crippen molar-refractivity contribution >= 4 is 22.6 Å². The van der Waals surface area contributed by atoms with E-state index in [0.717, 1.165) is 29.7 Å². The van der Waals surface area contributed by atoms with Crippen molar-refractivity contribution in [2.24, 2.45) is 0 Å². The van der Waals surface area contributed by atoms with Crippen LogP contribution in [0.2, 0.25) is 0 Å². The van der Waals surface area contributed by atoms with Crippen molar-refractivity contribution in [1.82, 2.24) is 14.5 Å². The van der Waals surface area contributed by atoms with Gasteiger partial charge in [0.1, 0.15) is 11.3 Å². The van der Waals surface area contributed by atoms with Crippen molar-refractivity contribution in [3.63, 3.8) is 0 Å². The molecule has 2 heterocycles. The van der Waals surface area contributed by atoms with Gasteiger partial charge in [0, 0.05) is 13.3 Å². The van der Waals surface area contributed by atoms with Crippen LogP contribution in [0, 0.1) is 0 Å². The maximum Gasteiger partial charge on any atom is 0.125 e. The van der Waals surface area contributed by atoms with Crippen LogP contribution < -0.4 is 0 Å². The van der Waals surface area contributed by atoms with Crippen molar-refractivity contribution in [1.29, 1.82) is 0 Å². The van der Waals surface area contributed by atoms with Gasteiger partial charge < -0.3 is 9.30 Å². The summed E-state index contributed by atoms with van der Waals surface area (Å²) < 4.78 is 7.83. The van der Waals surface area contributed by atoms with Gasteiger partial charge in [0.25, 0.3) is 0 Å². The molecular formula is C13H16ClN3O. The first kappa shape index (κ1) is 11.9. The minimum atomic E-state index is 0.262. The fraction of sp³-hybridized carbons (Fsp3) is 0.538. The number of hydrogen-bond acceptors (Lipinski definition) is 3. The molecule has 18 heavy (non-hydrogen) atoms. The molecule has 0 aromatic carbocycles. The molecular weight excluding hydrogens is 250 g/mol. The van der Waals surface area contributed by atoms with E-state index < -0.39 is 0 Å². The van der Waals surface area contributed by atoms with Gasteiger partial charge in [0.05, 0.1) is 29.7 Å². The number of ether oxygens (including phenoxy) is 1. The molecule has 0 aliphatic heterocycles. The van der Waals surface area contributed by atoms with Gasteiger partial charge in [0.2, 0.25) is 0 Å². The average molecular weight is 266 g/mol. The number of rotatable bonds is 3. The standard InChI is InChI=1S/C13H16ClN3O/c1-18-12-4-2-3-11(12)17-10-5-6-15-8-9(10)16-13(17)7-14/h5-6,8,11-12H,2-4,7H2,1H3. The summed E-state index contributed by atoms with van der Waals surface area (Å²) in [5.74, 6) is 1.33. The predicted octanol–water partition coefficient (Wildman–Crippen LogP) is 2.91. The third-order valence-corrected chi connectivity index (χ3v) is 3.98. The van der Waals surface area contributed by atoms with Gasteiger partial charge in [0.15, 0.2) is 0 Å². The van der Waals surface area contributed by atoms with Crippen LogP contribution in [0.1, 0.15) is 31.1 Å². The van der Waals surface area contributed by atoms with Crippen molar-refractivity contribution in [2.45, 2.75) is 37.3 Å². The largest absolute Gasteiger partial charge is 0.379 e. The summed E-state index contributed by atoms with van der Waals surface area (Å²) in [5, 5.41) is 0. The van der Waals surface area contributed by atoms with E-state index in [9.17, 15) is 0 Å². The van der Waals surface area contributed by atoms with Crippen LogP contribution in [0.25, 0.3) is 11.0 Å². The minimum absolute atomic E-state index is 0.262. The van der Waals surface area contributed by atoms with Crippen LogP contribution >= 0.6 is 11.6 Å². The van der Waals surface area contributed by atoms with Crippen LogP contribution in [0.3, 0.4) is 0 Å². The van der Waals surface area contributed by atoms with Gasteiger partial charge in [-0.15, -0.1) is 11.6 Å². The molecule has 1 aliphatic carbocycles. The van der Waals surface area contributed by atoms with E-state index >= 15 is 0 Å². The molecule has 1 aliphatic rings. The van der Waals surface area contributed by atoms with Crippen LogP contribution in [-0.2, 0) is 10.6 Å². The molecule has 2 aromatic rings. The number of imidazole rings is 1. The highest BCUT2D eigenvalue weighted by Gasteiger charge is 2.31. The van der Waals surface area contributed by atoms with Gasteiger partial charge in [-0.1, -0.05) is 0 Å². The second-order valence-electron chi connectivity index (χ2n) is 4.67. The monoisotopic (exact) mass is 265 g/mol. The van der Waals surface area contributed by atoms with Gasteiger partial charge in [-0.2, -0.15) is 0 Å². The Bertz CT molecular complexity index is 554. The number of nitrogens with zero attached hydrogens (tertiary/aromatic N) is 3. The molecule has 2 atom stereocenters. The lowest BCUT2D eigenvalue weighted by Gasteiger charge is -2.22. The summed E-state index contributed by atoms with van der Waals surface area (Å²) in [4.78, 5) is 8.67. The number of alkyl halides is 1. The number of hydrogen-bond donors (Lipinski definition) is 0. The van der Waals surface area contributed by atoms with Crippen molar-refractivity contribution in [3.05, 3.63) is 24.3 Å². The summed E-state index contributed by atoms with van der Waals surface area (Å²) >= 11 is 6.03. The number of pyridine rings is 1. The van der Waals surface area contributed by atoms with E-state index in [1.807, 2.05) is 6.07 Å². The van der Waals surface area contributed by atoms with Gasteiger partial charge in [-0.3, -0.25) is 4.98 Å². The Morgan fingerprint density at radius 3 is 3.17 bits per heavy atom. The van der Waals surface area contributed by atoms with Gasteiger partial charge in [-0.25, -0.2) is 4.98 Å². The Labute approximate surface area is 111 Å². The molecule has 5 heteroatoms. The van der Waals surface area contributed by atoms with Crippen LogP contribution in [0.4, 0.5) is 0 Å². The van der Waals surface area contributed by atoms with Gasteiger partial charge >= 0.3 is 0 Å². The van der Waals surface area contributed by atoms with Crippen LogP contribution in [0.15, 0.2) is 18.5 Å². The minimum Gasteiger partial charge on any atom is -0.379 e. The molecule has 0 spiro atoms.